The predicted molar refractivity (Wildman–Crippen MR) is 148 cm³/mol. The number of aliphatic hydroxyl groups is 1. The van der Waals surface area contributed by atoms with Crippen LogP contribution in [0.2, 0.25) is 0 Å². The molecule has 1 heterocycles. The van der Waals surface area contributed by atoms with E-state index in [1.54, 1.807) is 37.3 Å². The van der Waals surface area contributed by atoms with Gasteiger partial charge in [0.1, 0.15) is 11.5 Å². The molecular formula is C30H40N2O6. The number of amides is 1. The van der Waals surface area contributed by atoms with Gasteiger partial charge in [-0.3, -0.25) is 9.59 Å². The van der Waals surface area contributed by atoms with Crippen molar-refractivity contribution in [2.75, 3.05) is 47.5 Å². The van der Waals surface area contributed by atoms with E-state index >= 15 is 0 Å². The number of carbonyl (C=O) groups excluding carboxylic acids is 2. The van der Waals surface area contributed by atoms with Gasteiger partial charge in [-0.2, -0.15) is 0 Å². The highest BCUT2D eigenvalue weighted by molar-refractivity contribution is 6.46. The van der Waals surface area contributed by atoms with E-state index in [2.05, 4.69) is 18.7 Å². The summed E-state index contributed by atoms with van der Waals surface area (Å²) in [7, 11) is 4.69. The summed E-state index contributed by atoms with van der Waals surface area (Å²) in [5.74, 6) is 0.304. The molecule has 0 aromatic heterocycles. The molecule has 8 heteroatoms. The third-order valence-corrected chi connectivity index (χ3v) is 7.27. The number of likely N-dealkylation sites (N-methyl/N-ethyl adjacent to an activating group) is 1. The van der Waals surface area contributed by atoms with E-state index in [1.165, 1.54) is 7.11 Å². The number of aliphatic hydroxyl groups excluding tert-OH is 1. The predicted octanol–water partition coefficient (Wildman–Crippen LogP) is 4.91. The number of ether oxygens (including phenoxy) is 3. The molecule has 0 spiro atoms. The van der Waals surface area contributed by atoms with Gasteiger partial charge in [-0.15, -0.1) is 0 Å². The summed E-state index contributed by atoms with van der Waals surface area (Å²) < 4.78 is 16.5. The van der Waals surface area contributed by atoms with Crippen LogP contribution in [0.3, 0.4) is 0 Å². The number of benzene rings is 2. The Labute approximate surface area is 225 Å². The van der Waals surface area contributed by atoms with Crippen molar-refractivity contribution in [1.29, 1.82) is 0 Å². The van der Waals surface area contributed by atoms with E-state index in [4.69, 9.17) is 14.2 Å². The molecule has 1 fully saturated rings. The fourth-order valence-corrected chi connectivity index (χ4v) is 5.00. The van der Waals surface area contributed by atoms with E-state index in [1.807, 2.05) is 32.9 Å². The lowest BCUT2D eigenvalue weighted by atomic mass is 9.91. The van der Waals surface area contributed by atoms with Crippen LogP contribution < -0.4 is 14.2 Å². The number of ketones is 1. The first kappa shape index (κ1) is 29.0. The lowest BCUT2D eigenvalue weighted by Gasteiger charge is -2.28. The second kappa shape index (κ2) is 12.3. The monoisotopic (exact) mass is 524 g/mol. The number of nitrogens with zero attached hydrogens (tertiary/aromatic N) is 2. The van der Waals surface area contributed by atoms with Crippen molar-refractivity contribution in [2.24, 2.45) is 0 Å². The van der Waals surface area contributed by atoms with E-state index in [0.717, 1.165) is 24.2 Å². The van der Waals surface area contributed by atoms with Gasteiger partial charge >= 0.3 is 0 Å². The number of carbonyl (C=O) groups is 2. The largest absolute Gasteiger partial charge is 0.507 e. The van der Waals surface area contributed by atoms with Gasteiger partial charge in [-0.1, -0.05) is 33.8 Å². The summed E-state index contributed by atoms with van der Waals surface area (Å²) in [4.78, 5) is 30.7. The summed E-state index contributed by atoms with van der Waals surface area (Å²) in [6.07, 6.45) is 0. The first-order valence-electron chi connectivity index (χ1n) is 13.0. The Morgan fingerprint density at radius 1 is 0.974 bits per heavy atom. The Kier molecular flexibility index (Phi) is 9.44. The standard InChI is InChI=1S/C30H40N2O6/c1-9-31(10-2)13-14-32-27(20-11-12-23(36-6)25(16-20)38-8)26(29(34)30(32)35)28(33)22-17-21(18(3)4)24(37-7)15-19(22)5/h11-12,15-18,27,33H,9-10,13-14H2,1-8H3/b28-26+. The van der Waals surface area contributed by atoms with E-state index in [9.17, 15) is 14.7 Å². The average Bonchev–Trinajstić information content (AvgIpc) is 3.17. The molecule has 1 aliphatic rings. The van der Waals surface area contributed by atoms with Crippen molar-refractivity contribution in [3.63, 3.8) is 0 Å². The van der Waals surface area contributed by atoms with E-state index in [-0.39, 0.29) is 17.3 Å². The van der Waals surface area contributed by atoms with E-state index in [0.29, 0.717) is 41.5 Å². The van der Waals surface area contributed by atoms with Gasteiger partial charge in [0.15, 0.2) is 11.5 Å². The summed E-state index contributed by atoms with van der Waals surface area (Å²) in [5.41, 5.74) is 2.85. The number of aryl methyl sites for hydroxylation is 1. The highest BCUT2D eigenvalue weighted by Crippen LogP contribution is 2.43. The van der Waals surface area contributed by atoms with Crippen LogP contribution in [0.1, 0.15) is 61.9 Å². The third-order valence-electron chi connectivity index (χ3n) is 7.27. The highest BCUT2D eigenvalue weighted by Gasteiger charge is 2.46. The van der Waals surface area contributed by atoms with Gasteiger partial charge in [0.2, 0.25) is 0 Å². The third kappa shape index (κ3) is 5.50. The zero-order valence-electron chi connectivity index (χ0n) is 23.8. The molecule has 0 saturated carbocycles. The van der Waals surface area contributed by atoms with Crippen molar-refractivity contribution >= 4 is 17.4 Å². The molecule has 0 aliphatic carbocycles. The second-order valence-corrected chi connectivity index (χ2v) is 9.70. The zero-order valence-corrected chi connectivity index (χ0v) is 23.8. The second-order valence-electron chi connectivity index (χ2n) is 9.70. The van der Waals surface area contributed by atoms with Crippen LogP contribution in [0.15, 0.2) is 35.9 Å². The average molecular weight is 525 g/mol. The molecular weight excluding hydrogens is 484 g/mol. The smallest absolute Gasteiger partial charge is 0.295 e. The molecule has 8 nitrogen and oxygen atoms in total. The molecule has 206 valence electrons. The summed E-state index contributed by atoms with van der Waals surface area (Å²) in [6, 6.07) is 8.22. The number of methoxy groups -OCH3 is 3. The van der Waals surface area contributed by atoms with Crippen molar-refractivity contribution < 1.29 is 28.9 Å². The summed E-state index contributed by atoms with van der Waals surface area (Å²) in [6.45, 7) is 12.6. The first-order chi connectivity index (χ1) is 18.1. The Hall–Kier alpha value is -3.52. The fourth-order valence-electron chi connectivity index (χ4n) is 5.00. The number of hydrogen-bond donors (Lipinski definition) is 1. The molecule has 3 rings (SSSR count). The molecule has 1 saturated heterocycles. The summed E-state index contributed by atoms with van der Waals surface area (Å²) >= 11 is 0. The van der Waals surface area contributed by atoms with Crippen LogP contribution in [0, 0.1) is 6.92 Å². The molecule has 38 heavy (non-hydrogen) atoms. The molecule has 1 atom stereocenters. The van der Waals surface area contributed by atoms with Crippen molar-refractivity contribution in [2.45, 2.75) is 46.6 Å². The topological polar surface area (TPSA) is 88.5 Å². The lowest BCUT2D eigenvalue weighted by Crippen LogP contribution is -2.38. The molecule has 2 aromatic carbocycles. The van der Waals surface area contributed by atoms with Gasteiger partial charge in [0.05, 0.1) is 32.9 Å². The quantitative estimate of drug-likeness (QED) is 0.254. The van der Waals surface area contributed by atoms with E-state index < -0.39 is 17.7 Å². The Morgan fingerprint density at radius 3 is 2.16 bits per heavy atom. The van der Waals surface area contributed by atoms with Crippen molar-refractivity contribution in [1.82, 2.24) is 9.80 Å². The van der Waals surface area contributed by atoms with Gasteiger partial charge in [-0.25, -0.2) is 0 Å². The normalized spacial score (nSPS) is 17.0. The molecule has 0 radical (unpaired) electrons. The minimum Gasteiger partial charge on any atom is -0.507 e. The maximum absolute atomic E-state index is 13.5. The zero-order chi connectivity index (χ0) is 28.1. The number of hydrogen-bond acceptors (Lipinski definition) is 7. The number of likely N-dealkylation sites (tertiary alicyclic amines) is 1. The lowest BCUT2D eigenvalue weighted by molar-refractivity contribution is -0.140. The maximum atomic E-state index is 13.5. The SMILES string of the molecule is CCN(CC)CCN1C(=O)C(=O)/C(=C(/O)c2cc(C(C)C)c(OC)cc2C)C1c1ccc(OC)c(OC)c1. The Balaban J connectivity index is 2.25. The van der Waals surface area contributed by atoms with Gasteiger partial charge in [-0.05, 0) is 66.9 Å². The van der Waals surface area contributed by atoms with Crippen molar-refractivity contribution in [3.05, 3.63) is 58.2 Å². The highest BCUT2D eigenvalue weighted by atomic mass is 16.5. The molecule has 1 amide bonds. The minimum atomic E-state index is -0.783. The van der Waals surface area contributed by atoms with Crippen LogP contribution in [0.4, 0.5) is 0 Å². The van der Waals surface area contributed by atoms with Crippen molar-refractivity contribution in [3.8, 4) is 17.2 Å². The van der Waals surface area contributed by atoms with Gasteiger partial charge < -0.3 is 29.1 Å². The number of rotatable bonds is 11. The maximum Gasteiger partial charge on any atom is 0.295 e. The van der Waals surface area contributed by atoms with Gasteiger partial charge in [0, 0.05) is 18.7 Å². The molecule has 1 unspecified atom stereocenters. The number of Topliss-reactive ketones (excluding diaryl/α,β-unsaturated/α-hetero) is 1. The Bertz CT molecular complexity index is 1220. The molecule has 1 aliphatic heterocycles. The molecule has 2 aromatic rings. The van der Waals surface area contributed by atoms with Crippen LogP contribution in [0.25, 0.3) is 5.76 Å². The minimum absolute atomic E-state index is 0.0599. The van der Waals surface area contributed by atoms with Crippen LogP contribution in [-0.4, -0.2) is 74.1 Å². The molecule has 1 N–H and O–H groups in total. The van der Waals surface area contributed by atoms with Crippen LogP contribution in [0.5, 0.6) is 17.2 Å². The fraction of sp³-hybridized carbons (Fsp3) is 0.467. The summed E-state index contributed by atoms with van der Waals surface area (Å²) in [5, 5.41) is 11.7. The molecule has 0 bridgehead atoms. The first-order valence-corrected chi connectivity index (χ1v) is 13.0. The Morgan fingerprint density at radius 2 is 1.61 bits per heavy atom. The van der Waals surface area contributed by atoms with Crippen LogP contribution in [-0.2, 0) is 9.59 Å². The van der Waals surface area contributed by atoms with Crippen LogP contribution >= 0.6 is 0 Å². The van der Waals surface area contributed by atoms with Gasteiger partial charge in [0.25, 0.3) is 11.7 Å².